The first-order valence-corrected chi connectivity index (χ1v) is 17.0. The molecule has 1 saturated carbocycles. The van der Waals surface area contributed by atoms with E-state index in [0.29, 0.717) is 69.5 Å². The number of rotatable bonds is 12. The summed E-state index contributed by atoms with van der Waals surface area (Å²) in [4.78, 5) is 57.0. The van der Waals surface area contributed by atoms with Crippen LogP contribution in [0.4, 0.5) is 16.2 Å². The van der Waals surface area contributed by atoms with E-state index in [0.717, 1.165) is 23.1 Å². The van der Waals surface area contributed by atoms with Crippen LogP contribution in [-0.2, 0) is 37.0 Å². The first kappa shape index (κ1) is 34.9. The van der Waals surface area contributed by atoms with Gasteiger partial charge in [0.1, 0.15) is 6.61 Å². The number of benzene rings is 3. The minimum atomic E-state index is -0.553. The molecule has 1 unspecified atom stereocenters. The minimum Gasteiger partial charge on any atom is -0.445 e. The Morgan fingerprint density at radius 3 is 1.96 bits per heavy atom. The third-order valence-corrected chi connectivity index (χ3v) is 9.27. The lowest BCUT2D eigenvalue weighted by molar-refractivity contribution is -0.140. The molecule has 3 aromatic rings. The zero-order valence-corrected chi connectivity index (χ0v) is 28.1. The quantitative estimate of drug-likeness (QED) is 0.244. The van der Waals surface area contributed by atoms with Crippen LogP contribution in [0.15, 0.2) is 72.8 Å². The van der Waals surface area contributed by atoms with Gasteiger partial charge < -0.3 is 40.4 Å². The van der Waals surface area contributed by atoms with E-state index in [1.54, 1.807) is 48.5 Å². The van der Waals surface area contributed by atoms with E-state index in [1.165, 1.54) is 0 Å². The summed E-state index contributed by atoms with van der Waals surface area (Å²) in [6.07, 6.45) is 0.307. The van der Waals surface area contributed by atoms with Gasteiger partial charge in [-0.25, -0.2) is 4.79 Å². The fourth-order valence-corrected chi connectivity index (χ4v) is 6.22. The molecule has 3 fully saturated rings. The number of para-hydroxylation sites is 2. The Labute approximate surface area is 291 Å². The lowest BCUT2D eigenvalue weighted by Crippen LogP contribution is -2.50. The number of alkyl carbamates (subject to hydrolysis) is 1. The zero-order chi connectivity index (χ0) is 34.9. The highest BCUT2D eigenvalue weighted by molar-refractivity contribution is 6.05. The van der Waals surface area contributed by atoms with Gasteiger partial charge in [-0.3, -0.25) is 19.3 Å². The van der Waals surface area contributed by atoms with E-state index in [-0.39, 0.29) is 55.9 Å². The normalized spacial score (nSPS) is 18.7. The summed E-state index contributed by atoms with van der Waals surface area (Å²) in [6, 6.07) is 22.0. The number of nitrogens with one attached hydrogen (secondary N) is 2. The summed E-state index contributed by atoms with van der Waals surface area (Å²) in [6.45, 7) is 5.14. The van der Waals surface area contributed by atoms with Crippen molar-refractivity contribution in [2.45, 2.75) is 31.5 Å². The second-order valence-electron chi connectivity index (χ2n) is 12.7. The van der Waals surface area contributed by atoms with Gasteiger partial charge >= 0.3 is 6.09 Å². The minimum absolute atomic E-state index is 0.0220. The first-order chi connectivity index (χ1) is 24.3. The van der Waals surface area contributed by atoms with Crippen molar-refractivity contribution in [3.63, 3.8) is 0 Å². The molecule has 13 nitrogen and oxygen atoms in total. The van der Waals surface area contributed by atoms with Crippen LogP contribution in [0.2, 0.25) is 0 Å². The monoisotopic (exact) mass is 684 g/mol. The van der Waals surface area contributed by atoms with Gasteiger partial charge in [0.15, 0.2) is 0 Å². The highest BCUT2D eigenvalue weighted by Gasteiger charge is 2.44. The molecular formula is C37H44N6O7. The van der Waals surface area contributed by atoms with E-state index in [2.05, 4.69) is 10.6 Å². The summed E-state index contributed by atoms with van der Waals surface area (Å²) in [5.41, 5.74) is 10.2. The Morgan fingerprint density at radius 2 is 1.36 bits per heavy atom. The van der Waals surface area contributed by atoms with E-state index < -0.39 is 6.09 Å². The Kier molecular flexibility index (Phi) is 11.6. The molecule has 3 aliphatic rings. The number of amides is 4. The van der Waals surface area contributed by atoms with E-state index in [4.69, 9.17) is 19.9 Å². The number of nitrogen functional groups attached to an aromatic ring is 1. The molecule has 264 valence electrons. The maximum absolute atomic E-state index is 13.2. The molecule has 2 heterocycles. The van der Waals surface area contributed by atoms with Crippen molar-refractivity contribution in [2.24, 2.45) is 0 Å². The summed E-state index contributed by atoms with van der Waals surface area (Å²) in [7, 11) is 0. The number of ether oxygens (including phenoxy) is 3. The van der Waals surface area contributed by atoms with E-state index >= 15 is 0 Å². The molecule has 13 heteroatoms. The van der Waals surface area contributed by atoms with Crippen LogP contribution in [-0.4, -0.2) is 110 Å². The maximum atomic E-state index is 13.2. The lowest BCUT2D eigenvalue weighted by Gasteiger charge is -2.32. The van der Waals surface area contributed by atoms with Gasteiger partial charge in [-0.05, 0) is 47.4 Å². The summed E-state index contributed by atoms with van der Waals surface area (Å²) < 4.78 is 16.2. The number of carbonyl (C=O) groups excluding carboxylic acids is 4. The predicted molar refractivity (Wildman–Crippen MR) is 186 cm³/mol. The van der Waals surface area contributed by atoms with E-state index in [9.17, 15) is 19.2 Å². The number of anilines is 2. The van der Waals surface area contributed by atoms with Crippen molar-refractivity contribution in [3.05, 3.63) is 95.1 Å². The first-order valence-electron chi connectivity index (χ1n) is 17.0. The van der Waals surface area contributed by atoms with Crippen LogP contribution in [0.5, 0.6) is 0 Å². The molecule has 0 bridgehead atoms. The van der Waals surface area contributed by atoms with Crippen LogP contribution < -0.4 is 16.4 Å². The van der Waals surface area contributed by atoms with Crippen LogP contribution in [0.3, 0.4) is 0 Å². The topological polar surface area (TPSA) is 156 Å². The molecule has 1 aliphatic carbocycles. The van der Waals surface area contributed by atoms with Crippen molar-refractivity contribution >= 4 is 35.2 Å². The van der Waals surface area contributed by atoms with Crippen molar-refractivity contribution in [2.75, 3.05) is 76.7 Å². The number of morpholine rings is 2. The van der Waals surface area contributed by atoms with E-state index in [1.807, 2.05) is 39.0 Å². The van der Waals surface area contributed by atoms with Gasteiger partial charge in [0.05, 0.1) is 50.9 Å². The van der Waals surface area contributed by atoms with Crippen molar-refractivity contribution in [1.82, 2.24) is 20.0 Å². The number of hydrogen-bond donors (Lipinski definition) is 3. The Bertz CT molecular complexity index is 1610. The van der Waals surface area contributed by atoms with Crippen LogP contribution in [0, 0.1) is 0 Å². The highest BCUT2D eigenvalue weighted by Crippen LogP contribution is 2.44. The number of carbonyl (C=O) groups is 4. The van der Waals surface area contributed by atoms with Crippen molar-refractivity contribution < 1.29 is 33.4 Å². The molecule has 6 rings (SSSR count). The second kappa shape index (κ2) is 16.6. The Hall–Kier alpha value is -4.98. The molecule has 0 aromatic heterocycles. The zero-order valence-electron chi connectivity index (χ0n) is 28.1. The number of nitrogens with two attached hydrogens (primary N) is 1. The molecule has 3 aromatic carbocycles. The molecule has 2 atom stereocenters. The number of nitrogens with zero attached hydrogens (tertiary/aromatic N) is 3. The summed E-state index contributed by atoms with van der Waals surface area (Å²) in [5.74, 6) is -0.0280. The lowest BCUT2D eigenvalue weighted by atomic mass is 10.1. The molecule has 2 aliphatic heterocycles. The van der Waals surface area contributed by atoms with Gasteiger partial charge in [0.25, 0.3) is 5.91 Å². The molecule has 0 spiro atoms. The second-order valence-corrected chi connectivity index (χ2v) is 12.7. The summed E-state index contributed by atoms with van der Waals surface area (Å²) in [5, 5.41) is 5.54. The van der Waals surface area contributed by atoms with Crippen LogP contribution >= 0.6 is 0 Å². The van der Waals surface area contributed by atoms with Crippen LogP contribution in [0.1, 0.15) is 39.4 Å². The van der Waals surface area contributed by atoms with Crippen molar-refractivity contribution in [1.29, 1.82) is 0 Å². The predicted octanol–water partition coefficient (Wildman–Crippen LogP) is 2.82. The molecular weight excluding hydrogens is 640 g/mol. The average Bonchev–Trinajstić information content (AvgIpc) is 3.96. The smallest absolute Gasteiger partial charge is 0.407 e. The van der Waals surface area contributed by atoms with Crippen LogP contribution in [0.25, 0.3) is 0 Å². The SMILES string of the molecule is Nc1ccccc1NC(=O)c1ccc(CNC(=O)OCc2ccc(C3C[C@@H]3N(CC(=O)N3CCOCC3)CC(=O)N3CCOCC3)cc2)cc1. The molecule has 0 radical (unpaired) electrons. The molecule has 2 saturated heterocycles. The maximum Gasteiger partial charge on any atom is 0.407 e. The van der Waals surface area contributed by atoms with Gasteiger partial charge in [0.2, 0.25) is 11.8 Å². The Morgan fingerprint density at radius 1 is 0.780 bits per heavy atom. The Balaban J connectivity index is 0.961. The third kappa shape index (κ3) is 9.37. The third-order valence-electron chi connectivity index (χ3n) is 9.27. The van der Waals surface area contributed by atoms with Gasteiger partial charge in [-0.1, -0.05) is 48.5 Å². The van der Waals surface area contributed by atoms with Gasteiger partial charge in [-0.15, -0.1) is 0 Å². The standard InChI is InChI=1S/C37H44N6O7/c38-31-3-1-2-4-32(31)40-36(46)29-11-5-26(6-12-29)22-39-37(47)50-25-27-7-9-28(10-8-27)30-21-33(30)43(23-34(44)41-13-17-48-18-14-41)24-35(45)42-15-19-49-20-16-42/h1-12,30,33H,13-25,38H2,(H,39,47)(H,40,46)/t30?,33-/m0/s1. The summed E-state index contributed by atoms with van der Waals surface area (Å²) >= 11 is 0. The molecule has 4 N–H and O–H groups in total. The van der Waals surface area contributed by atoms with Crippen molar-refractivity contribution in [3.8, 4) is 0 Å². The van der Waals surface area contributed by atoms with Gasteiger partial charge in [-0.2, -0.15) is 0 Å². The largest absolute Gasteiger partial charge is 0.445 e. The van der Waals surface area contributed by atoms with Gasteiger partial charge in [0, 0.05) is 50.2 Å². The molecule has 50 heavy (non-hydrogen) atoms. The fourth-order valence-electron chi connectivity index (χ4n) is 6.22. The molecule has 4 amide bonds. The average molecular weight is 685 g/mol. The number of hydrogen-bond acceptors (Lipinski definition) is 9. The fraction of sp³-hybridized carbons (Fsp3) is 0.405. The highest BCUT2D eigenvalue weighted by atomic mass is 16.5.